The first-order valence-electron chi connectivity index (χ1n) is 8.00. The summed E-state index contributed by atoms with van der Waals surface area (Å²) in [5.74, 6) is 0. The second-order valence-corrected chi connectivity index (χ2v) is 6.16. The largest absolute Gasteiger partial charge is 0.335 e. The maximum Gasteiger partial charge on any atom is 0.318 e. The van der Waals surface area contributed by atoms with Gasteiger partial charge in [-0.05, 0) is 32.6 Å². The van der Waals surface area contributed by atoms with E-state index in [1.165, 1.54) is 32.1 Å². The lowest BCUT2D eigenvalue weighted by Gasteiger charge is -2.41. The molecule has 2 rings (SSSR count). The smallest absolute Gasteiger partial charge is 0.318 e. The Hall–Kier alpha value is -0.770. The molecule has 0 bridgehead atoms. The van der Waals surface area contributed by atoms with Gasteiger partial charge < -0.3 is 16.0 Å². The fraction of sp³-hybridized carbons (Fsp3) is 0.933. The third-order valence-electron chi connectivity index (χ3n) is 4.98. The molecule has 0 aliphatic heterocycles. The molecule has 4 heteroatoms. The van der Waals surface area contributed by atoms with Crippen LogP contribution in [0.2, 0.25) is 0 Å². The van der Waals surface area contributed by atoms with E-state index >= 15 is 0 Å². The zero-order chi connectivity index (χ0) is 13.7. The van der Waals surface area contributed by atoms with Gasteiger partial charge in [-0.15, -0.1) is 0 Å². The van der Waals surface area contributed by atoms with Crippen LogP contribution in [0.25, 0.3) is 0 Å². The Balaban J connectivity index is 1.97. The Morgan fingerprint density at radius 1 is 1.21 bits per heavy atom. The zero-order valence-electron chi connectivity index (χ0n) is 12.3. The summed E-state index contributed by atoms with van der Waals surface area (Å²) in [6, 6.07) is 0.494. The molecule has 3 N–H and O–H groups in total. The van der Waals surface area contributed by atoms with Crippen molar-refractivity contribution in [2.24, 2.45) is 5.73 Å². The predicted octanol–water partition coefficient (Wildman–Crippen LogP) is 2.62. The standard InChI is InChI=1S/C15H29N3O/c1-2-18(15(12-16)10-6-7-11-15)14(19)17-13-8-4-3-5-9-13/h13H,2-12,16H2,1H3,(H,17,19). The Morgan fingerprint density at radius 2 is 1.84 bits per heavy atom. The Morgan fingerprint density at radius 3 is 2.37 bits per heavy atom. The Bertz CT molecular complexity index is 294. The molecular formula is C15H29N3O. The highest BCUT2D eigenvalue weighted by Crippen LogP contribution is 2.34. The van der Waals surface area contributed by atoms with Gasteiger partial charge in [-0.2, -0.15) is 0 Å². The highest BCUT2D eigenvalue weighted by atomic mass is 16.2. The van der Waals surface area contributed by atoms with E-state index in [-0.39, 0.29) is 11.6 Å². The Kier molecular flexibility index (Phi) is 5.08. The van der Waals surface area contributed by atoms with Gasteiger partial charge in [0.05, 0.1) is 5.54 Å². The van der Waals surface area contributed by atoms with Crippen LogP contribution in [0.5, 0.6) is 0 Å². The van der Waals surface area contributed by atoms with E-state index in [1.54, 1.807) is 0 Å². The fourth-order valence-corrected chi connectivity index (χ4v) is 3.81. The number of hydrogen-bond donors (Lipinski definition) is 2. The van der Waals surface area contributed by atoms with Crippen LogP contribution in [0.3, 0.4) is 0 Å². The maximum atomic E-state index is 12.6. The molecule has 2 aliphatic rings. The molecule has 2 amide bonds. The molecule has 0 heterocycles. The summed E-state index contributed by atoms with van der Waals surface area (Å²) < 4.78 is 0. The fourth-order valence-electron chi connectivity index (χ4n) is 3.81. The first-order valence-corrected chi connectivity index (χ1v) is 8.00. The zero-order valence-corrected chi connectivity index (χ0v) is 12.3. The summed E-state index contributed by atoms with van der Waals surface area (Å²) in [5, 5.41) is 3.24. The van der Waals surface area contributed by atoms with E-state index in [9.17, 15) is 4.79 Å². The van der Waals surface area contributed by atoms with Crippen LogP contribution in [0.15, 0.2) is 0 Å². The lowest BCUT2D eigenvalue weighted by molar-refractivity contribution is 0.120. The van der Waals surface area contributed by atoms with E-state index in [1.807, 2.05) is 4.90 Å². The van der Waals surface area contributed by atoms with Gasteiger partial charge in [0.25, 0.3) is 0 Å². The normalized spacial score (nSPS) is 23.3. The maximum absolute atomic E-state index is 12.6. The molecule has 0 saturated heterocycles. The molecule has 110 valence electrons. The number of nitrogens with zero attached hydrogens (tertiary/aromatic N) is 1. The van der Waals surface area contributed by atoms with E-state index in [4.69, 9.17) is 5.73 Å². The number of amides is 2. The van der Waals surface area contributed by atoms with Crippen molar-refractivity contribution in [2.75, 3.05) is 13.1 Å². The van der Waals surface area contributed by atoms with Crippen LogP contribution >= 0.6 is 0 Å². The number of carbonyl (C=O) groups excluding carboxylic acids is 1. The quantitative estimate of drug-likeness (QED) is 0.822. The van der Waals surface area contributed by atoms with Gasteiger partial charge in [0.1, 0.15) is 0 Å². The number of urea groups is 1. The summed E-state index contributed by atoms with van der Waals surface area (Å²) in [6.45, 7) is 3.42. The second kappa shape index (κ2) is 6.60. The highest BCUT2D eigenvalue weighted by Gasteiger charge is 2.40. The van der Waals surface area contributed by atoms with E-state index in [0.717, 1.165) is 32.2 Å². The summed E-state index contributed by atoms with van der Waals surface area (Å²) >= 11 is 0. The van der Waals surface area contributed by atoms with Crippen LogP contribution in [-0.4, -0.2) is 35.6 Å². The van der Waals surface area contributed by atoms with Crippen LogP contribution in [-0.2, 0) is 0 Å². The predicted molar refractivity (Wildman–Crippen MR) is 78.0 cm³/mol. The molecular weight excluding hydrogens is 238 g/mol. The number of likely N-dealkylation sites (N-methyl/N-ethyl adjacent to an activating group) is 1. The molecule has 0 aromatic carbocycles. The molecule has 0 spiro atoms. The number of nitrogens with two attached hydrogens (primary N) is 1. The lowest BCUT2D eigenvalue weighted by Crippen LogP contribution is -2.58. The summed E-state index contributed by atoms with van der Waals surface area (Å²) in [6.07, 6.45) is 10.6. The minimum Gasteiger partial charge on any atom is -0.335 e. The molecule has 0 aromatic heterocycles. The highest BCUT2D eigenvalue weighted by molar-refractivity contribution is 5.75. The van der Waals surface area contributed by atoms with Gasteiger partial charge in [-0.25, -0.2) is 4.79 Å². The average molecular weight is 267 g/mol. The van der Waals surface area contributed by atoms with Gasteiger partial charge >= 0.3 is 6.03 Å². The monoisotopic (exact) mass is 267 g/mol. The minimum absolute atomic E-state index is 0.0759. The second-order valence-electron chi connectivity index (χ2n) is 6.16. The molecule has 0 unspecified atom stereocenters. The molecule has 4 nitrogen and oxygen atoms in total. The number of rotatable bonds is 4. The van der Waals surface area contributed by atoms with Crippen molar-refractivity contribution >= 4 is 6.03 Å². The minimum atomic E-state index is -0.0759. The SMILES string of the molecule is CCN(C(=O)NC1CCCCC1)C1(CN)CCCC1. The van der Waals surface area contributed by atoms with Crippen LogP contribution < -0.4 is 11.1 Å². The van der Waals surface area contributed by atoms with Crippen LogP contribution in [0.4, 0.5) is 4.79 Å². The van der Waals surface area contributed by atoms with Gasteiger partial charge in [-0.3, -0.25) is 0 Å². The van der Waals surface area contributed by atoms with Crippen molar-refractivity contribution < 1.29 is 4.79 Å². The van der Waals surface area contributed by atoms with E-state index < -0.39 is 0 Å². The van der Waals surface area contributed by atoms with E-state index in [0.29, 0.717) is 12.6 Å². The summed E-state index contributed by atoms with van der Waals surface area (Å²) in [7, 11) is 0. The molecule has 2 fully saturated rings. The third kappa shape index (κ3) is 3.22. The summed E-state index contributed by atoms with van der Waals surface area (Å²) in [5.41, 5.74) is 5.92. The van der Waals surface area contributed by atoms with Crippen molar-refractivity contribution in [2.45, 2.75) is 76.3 Å². The number of carbonyl (C=O) groups is 1. The molecule has 19 heavy (non-hydrogen) atoms. The first-order chi connectivity index (χ1) is 9.22. The van der Waals surface area contributed by atoms with E-state index in [2.05, 4.69) is 12.2 Å². The van der Waals surface area contributed by atoms with Gasteiger partial charge in [0.2, 0.25) is 0 Å². The summed E-state index contributed by atoms with van der Waals surface area (Å²) in [4.78, 5) is 14.6. The van der Waals surface area contributed by atoms with Gasteiger partial charge in [0, 0.05) is 19.1 Å². The molecule has 2 aliphatic carbocycles. The molecule has 0 aromatic rings. The lowest BCUT2D eigenvalue weighted by atomic mass is 9.94. The number of nitrogens with one attached hydrogen (secondary N) is 1. The third-order valence-corrected chi connectivity index (χ3v) is 4.98. The molecule has 2 saturated carbocycles. The average Bonchev–Trinajstić information content (AvgIpc) is 2.90. The van der Waals surface area contributed by atoms with Gasteiger partial charge in [-0.1, -0.05) is 32.1 Å². The van der Waals surface area contributed by atoms with Crippen molar-refractivity contribution in [3.05, 3.63) is 0 Å². The van der Waals surface area contributed by atoms with Gasteiger partial charge in [0.15, 0.2) is 0 Å². The van der Waals surface area contributed by atoms with Crippen molar-refractivity contribution in [1.29, 1.82) is 0 Å². The Labute approximate surface area is 117 Å². The molecule has 0 radical (unpaired) electrons. The van der Waals surface area contributed by atoms with Crippen molar-refractivity contribution in [1.82, 2.24) is 10.2 Å². The number of hydrogen-bond acceptors (Lipinski definition) is 2. The van der Waals surface area contributed by atoms with Crippen molar-refractivity contribution in [3.8, 4) is 0 Å². The topological polar surface area (TPSA) is 58.4 Å². The van der Waals surface area contributed by atoms with Crippen LogP contribution in [0.1, 0.15) is 64.7 Å². The van der Waals surface area contributed by atoms with Crippen LogP contribution in [0, 0.1) is 0 Å². The first kappa shape index (κ1) is 14.6. The molecule has 0 atom stereocenters. The van der Waals surface area contributed by atoms with Crippen molar-refractivity contribution in [3.63, 3.8) is 0 Å².